The van der Waals surface area contributed by atoms with Crippen molar-refractivity contribution in [1.82, 2.24) is 10.2 Å². The molecule has 0 aromatic heterocycles. The van der Waals surface area contributed by atoms with Crippen molar-refractivity contribution in [3.05, 3.63) is 34.4 Å². The normalized spacial score (nSPS) is 25.4. The van der Waals surface area contributed by atoms with Gasteiger partial charge in [-0.2, -0.15) is 0 Å². The van der Waals surface area contributed by atoms with E-state index in [-0.39, 0.29) is 37.3 Å². The summed E-state index contributed by atoms with van der Waals surface area (Å²) < 4.78 is 5.62. The smallest absolute Gasteiger partial charge is 0.253 e. The molecular formula is C17H15ClN2O4. The van der Waals surface area contributed by atoms with Crippen LogP contribution in [0.3, 0.4) is 0 Å². The first-order valence-electron chi connectivity index (χ1n) is 7.73. The average Bonchev–Trinajstić information content (AvgIpc) is 3.10. The molecule has 0 bridgehead atoms. The molecule has 24 heavy (non-hydrogen) atoms. The monoisotopic (exact) mass is 346 g/mol. The number of nitrogens with one attached hydrogen (secondary N) is 1. The number of amides is 3. The molecule has 2 saturated heterocycles. The van der Waals surface area contributed by atoms with E-state index in [4.69, 9.17) is 16.3 Å². The van der Waals surface area contributed by atoms with Gasteiger partial charge in [0, 0.05) is 30.1 Å². The van der Waals surface area contributed by atoms with Crippen molar-refractivity contribution in [3.63, 3.8) is 0 Å². The summed E-state index contributed by atoms with van der Waals surface area (Å²) in [5, 5.41) is 2.91. The third kappa shape index (κ3) is 2.38. The topological polar surface area (TPSA) is 75.7 Å². The molecule has 1 atom stereocenters. The van der Waals surface area contributed by atoms with Crippen molar-refractivity contribution in [3.8, 4) is 5.75 Å². The Hall–Kier alpha value is -2.34. The maximum atomic E-state index is 12.8. The molecule has 124 valence electrons. The first-order valence-corrected chi connectivity index (χ1v) is 8.11. The van der Waals surface area contributed by atoms with E-state index in [1.54, 1.807) is 29.2 Å². The Kier molecular flexibility index (Phi) is 3.38. The highest BCUT2D eigenvalue weighted by atomic mass is 35.5. The van der Waals surface area contributed by atoms with E-state index in [0.29, 0.717) is 29.3 Å². The summed E-state index contributed by atoms with van der Waals surface area (Å²) in [5.41, 5.74) is 0.524. The number of hydrogen-bond donors (Lipinski definition) is 1. The van der Waals surface area contributed by atoms with E-state index in [9.17, 15) is 14.4 Å². The summed E-state index contributed by atoms with van der Waals surface area (Å²) in [4.78, 5) is 37.9. The van der Waals surface area contributed by atoms with E-state index < -0.39 is 5.41 Å². The number of carbonyl (C=O) groups excluding carboxylic acids is 3. The second-order valence-corrected chi connectivity index (χ2v) is 6.89. The molecule has 3 aliphatic heterocycles. The standard InChI is InChI=1S/C17H15ClN2O4/c18-12-1-2-13-10(6-12)5-11(8-24-13)15(22)20-4-3-17(9-20)7-14(21)19-16(17)23/h1-2,5-6H,3-4,7-9H2,(H,19,21,23)/t17-/m0/s1. The number of benzene rings is 1. The van der Waals surface area contributed by atoms with Crippen molar-refractivity contribution >= 4 is 35.4 Å². The van der Waals surface area contributed by atoms with Crippen LogP contribution in [0.25, 0.3) is 6.08 Å². The largest absolute Gasteiger partial charge is 0.488 e. The van der Waals surface area contributed by atoms with E-state index in [1.807, 2.05) is 0 Å². The van der Waals surface area contributed by atoms with Crippen molar-refractivity contribution in [2.24, 2.45) is 5.41 Å². The summed E-state index contributed by atoms with van der Waals surface area (Å²) >= 11 is 5.99. The Bertz CT molecular complexity index is 804. The van der Waals surface area contributed by atoms with Crippen LogP contribution >= 0.6 is 11.6 Å². The predicted molar refractivity (Wildman–Crippen MR) is 86.3 cm³/mol. The van der Waals surface area contributed by atoms with Gasteiger partial charge in [0.15, 0.2) is 0 Å². The zero-order valence-electron chi connectivity index (χ0n) is 12.8. The zero-order valence-corrected chi connectivity index (χ0v) is 13.6. The van der Waals surface area contributed by atoms with Crippen LogP contribution in [0, 0.1) is 5.41 Å². The number of carbonyl (C=O) groups is 3. The van der Waals surface area contributed by atoms with Gasteiger partial charge in [0.2, 0.25) is 11.8 Å². The molecule has 4 rings (SSSR count). The minimum absolute atomic E-state index is 0.156. The molecule has 0 unspecified atom stereocenters. The second kappa shape index (κ2) is 5.34. The fourth-order valence-corrected chi connectivity index (χ4v) is 3.72. The van der Waals surface area contributed by atoms with Crippen LogP contribution in [0.5, 0.6) is 5.75 Å². The zero-order chi connectivity index (χ0) is 16.9. The average molecular weight is 347 g/mol. The molecule has 0 aliphatic carbocycles. The molecule has 7 heteroatoms. The molecule has 2 fully saturated rings. The van der Waals surface area contributed by atoms with Crippen LogP contribution in [0.4, 0.5) is 0 Å². The number of hydrogen-bond acceptors (Lipinski definition) is 4. The van der Waals surface area contributed by atoms with E-state index in [2.05, 4.69) is 5.32 Å². The third-order valence-electron chi connectivity index (χ3n) is 4.83. The Balaban J connectivity index is 1.55. The first-order chi connectivity index (χ1) is 11.5. The van der Waals surface area contributed by atoms with Crippen LogP contribution in [-0.2, 0) is 14.4 Å². The Morgan fingerprint density at radius 3 is 2.92 bits per heavy atom. The lowest BCUT2D eigenvalue weighted by Gasteiger charge is -2.23. The molecule has 3 amide bonds. The van der Waals surface area contributed by atoms with Gasteiger partial charge < -0.3 is 9.64 Å². The van der Waals surface area contributed by atoms with Gasteiger partial charge in [-0.3, -0.25) is 19.7 Å². The van der Waals surface area contributed by atoms with Gasteiger partial charge >= 0.3 is 0 Å². The van der Waals surface area contributed by atoms with Crippen LogP contribution in [0.2, 0.25) is 5.02 Å². The van der Waals surface area contributed by atoms with Gasteiger partial charge in [0.1, 0.15) is 12.4 Å². The van der Waals surface area contributed by atoms with Gasteiger partial charge in [0.25, 0.3) is 5.91 Å². The van der Waals surface area contributed by atoms with Gasteiger partial charge in [-0.15, -0.1) is 0 Å². The summed E-state index contributed by atoms with van der Waals surface area (Å²) in [5.74, 6) is -0.00820. The molecule has 3 aliphatic rings. The van der Waals surface area contributed by atoms with Crippen molar-refractivity contribution in [2.45, 2.75) is 12.8 Å². The highest BCUT2D eigenvalue weighted by Crippen LogP contribution is 2.38. The molecule has 3 heterocycles. The van der Waals surface area contributed by atoms with Gasteiger partial charge in [0.05, 0.1) is 11.0 Å². The fraction of sp³-hybridized carbons (Fsp3) is 0.353. The van der Waals surface area contributed by atoms with Gasteiger partial charge in [-0.05, 0) is 30.7 Å². The van der Waals surface area contributed by atoms with Crippen molar-refractivity contribution in [2.75, 3.05) is 19.7 Å². The van der Waals surface area contributed by atoms with E-state index >= 15 is 0 Å². The Morgan fingerprint density at radius 1 is 1.33 bits per heavy atom. The fourth-order valence-electron chi connectivity index (χ4n) is 3.54. The lowest BCUT2D eigenvalue weighted by Crippen LogP contribution is -2.38. The summed E-state index contributed by atoms with van der Waals surface area (Å²) in [6, 6.07) is 5.26. The molecule has 6 nitrogen and oxygen atoms in total. The van der Waals surface area contributed by atoms with Crippen molar-refractivity contribution < 1.29 is 19.1 Å². The first kappa shape index (κ1) is 15.2. The van der Waals surface area contributed by atoms with Crippen molar-refractivity contribution in [1.29, 1.82) is 0 Å². The maximum Gasteiger partial charge on any atom is 0.253 e. The number of likely N-dealkylation sites (tertiary alicyclic amines) is 1. The molecular weight excluding hydrogens is 332 g/mol. The number of fused-ring (bicyclic) bond motifs is 1. The minimum atomic E-state index is -0.760. The number of rotatable bonds is 1. The second-order valence-electron chi connectivity index (χ2n) is 6.45. The highest BCUT2D eigenvalue weighted by Gasteiger charge is 2.52. The minimum Gasteiger partial charge on any atom is -0.488 e. The summed E-state index contributed by atoms with van der Waals surface area (Å²) in [6.07, 6.45) is 2.44. The van der Waals surface area contributed by atoms with Crippen LogP contribution < -0.4 is 10.1 Å². The molecule has 1 aromatic rings. The molecule has 0 saturated carbocycles. The highest BCUT2D eigenvalue weighted by molar-refractivity contribution is 6.30. The quantitative estimate of drug-likeness (QED) is 0.779. The molecule has 1 spiro atoms. The predicted octanol–water partition coefficient (Wildman–Crippen LogP) is 1.38. The number of halogens is 1. The van der Waals surface area contributed by atoms with Crippen LogP contribution in [0.15, 0.2) is 23.8 Å². The van der Waals surface area contributed by atoms with Crippen LogP contribution in [-0.4, -0.2) is 42.3 Å². The SMILES string of the molecule is O=C1C[C@]2(CCN(C(=O)C3=Cc4cc(Cl)ccc4OC3)C2)C(=O)N1. The third-order valence-corrected chi connectivity index (χ3v) is 5.07. The maximum absolute atomic E-state index is 12.8. The number of imide groups is 1. The summed E-state index contributed by atoms with van der Waals surface area (Å²) in [7, 11) is 0. The lowest BCUT2D eigenvalue weighted by atomic mass is 9.85. The number of ether oxygens (including phenoxy) is 1. The molecule has 1 aromatic carbocycles. The molecule has 0 radical (unpaired) electrons. The van der Waals surface area contributed by atoms with E-state index in [1.165, 1.54) is 0 Å². The lowest BCUT2D eigenvalue weighted by molar-refractivity contribution is -0.129. The van der Waals surface area contributed by atoms with Gasteiger partial charge in [-0.25, -0.2) is 0 Å². The van der Waals surface area contributed by atoms with E-state index in [0.717, 1.165) is 5.56 Å². The molecule has 1 N–H and O–H groups in total. The summed E-state index contributed by atoms with van der Waals surface area (Å²) in [6.45, 7) is 0.907. The van der Waals surface area contributed by atoms with Gasteiger partial charge in [-0.1, -0.05) is 11.6 Å². The number of nitrogens with zero attached hydrogens (tertiary/aromatic N) is 1. The van der Waals surface area contributed by atoms with Crippen LogP contribution in [0.1, 0.15) is 18.4 Å². The Morgan fingerprint density at radius 2 is 2.17 bits per heavy atom. The Labute approximate surface area is 143 Å².